The normalized spacial score (nSPS) is 11.4. The van der Waals surface area contributed by atoms with Gasteiger partial charge in [-0.3, -0.25) is 9.79 Å². The number of nitrogens with one attached hydrogen (secondary N) is 3. The van der Waals surface area contributed by atoms with Crippen molar-refractivity contribution in [1.29, 1.82) is 0 Å². The summed E-state index contributed by atoms with van der Waals surface area (Å²) in [6, 6.07) is 14.3. The predicted molar refractivity (Wildman–Crippen MR) is 134 cm³/mol. The number of hydrogen-bond acceptors (Lipinski definition) is 4. The zero-order valence-electron chi connectivity index (χ0n) is 18.2. The molecule has 0 atom stereocenters. The maximum atomic E-state index is 12.1. The van der Waals surface area contributed by atoms with E-state index < -0.39 is 10.0 Å². The van der Waals surface area contributed by atoms with E-state index in [1.165, 1.54) is 7.05 Å². The van der Waals surface area contributed by atoms with Gasteiger partial charge in [-0.25, -0.2) is 13.1 Å². The summed E-state index contributed by atoms with van der Waals surface area (Å²) in [4.78, 5) is 18.1. The number of carbonyl (C=O) groups is 1. The van der Waals surface area contributed by atoms with Crippen molar-refractivity contribution in [3.05, 3.63) is 65.2 Å². The summed E-state index contributed by atoms with van der Waals surface area (Å²) in [6.45, 7) is 1.16. The van der Waals surface area contributed by atoms with Gasteiger partial charge in [0, 0.05) is 39.8 Å². The van der Waals surface area contributed by atoms with Gasteiger partial charge in [0.2, 0.25) is 10.0 Å². The molecule has 2 rings (SSSR count). The molecule has 0 saturated heterocycles. The van der Waals surface area contributed by atoms with Crippen LogP contribution in [0.15, 0.2) is 58.4 Å². The van der Waals surface area contributed by atoms with E-state index in [0.29, 0.717) is 24.6 Å². The fourth-order valence-corrected chi connectivity index (χ4v) is 3.48. The van der Waals surface area contributed by atoms with Crippen molar-refractivity contribution < 1.29 is 13.2 Å². The van der Waals surface area contributed by atoms with Gasteiger partial charge in [-0.05, 0) is 48.9 Å². The van der Waals surface area contributed by atoms with Crippen molar-refractivity contribution in [2.45, 2.75) is 17.9 Å². The van der Waals surface area contributed by atoms with Gasteiger partial charge in [-0.15, -0.1) is 24.0 Å². The van der Waals surface area contributed by atoms with Crippen LogP contribution < -0.4 is 15.4 Å². The minimum Gasteiger partial charge on any atom is -0.356 e. The van der Waals surface area contributed by atoms with Crippen LogP contribution >= 0.6 is 24.0 Å². The van der Waals surface area contributed by atoms with Crippen molar-refractivity contribution in [2.75, 3.05) is 34.7 Å². The van der Waals surface area contributed by atoms with E-state index >= 15 is 0 Å². The third-order valence-corrected chi connectivity index (χ3v) is 5.90. The van der Waals surface area contributed by atoms with Gasteiger partial charge in [-0.1, -0.05) is 24.3 Å². The quantitative estimate of drug-likeness (QED) is 0.260. The van der Waals surface area contributed by atoms with Gasteiger partial charge in [0.15, 0.2) is 5.96 Å². The Kier molecular flexibility index (Phi) is 10.9. The number of amides is 1. The molecule has 0 heterocycles. The van der Waals surface area contributed by atoms with Gasteiger partial charge < -0.3 is 15.5 Å². The lowest BCUT2D eigenvalue weighted by atomic mass is 10.1. The SMILES string of the molecule is CN=C(NCCc1cccc(C(=O)N(C)C)c1)NCc1ccc(S(=O)(=O)NC)cc1.I. The summed E-state index contributed by atoms with van der Waals surface area (Å²) in [5.74, 6) is 0.623. The van der Waals surface area contributed by atoms with Crippen LogP contribution in [0, 0.1) is 0 Å². The van der Waals surface area contributed by atoms with Crippen LogP contribution in [-0.2, 0) is 23.0 Å². The topological polar surface area (TPSA) is 103 Å². The van der Waals surface area contributed by atoms with Crippen LogP contribution in [0.4, 0.5) is 0 Å². The van der Waals surface area contributed by atoms with Crippen LogP contribution in [0.1, 0.15) is 21.5 Å². The average Bonchev–Trinajstić information content (AvgIpc) is 2.76. The highest BCUT2D eigenvalue weighted by Crippen LogP contribution is 2.10. The van der Waals surface area contributed by atoms with E-state index in [1.807, 2.05) is 24.3 Å². The van der Waals surface area contributed by atoms with Crippen LogP contribution in [0.3, 0.4) is 0 Å². The standard InChI is InChI=1S/C21H29N5O3S.HI/c1-22-21(25-15-17-8-10-19(11-9-17)30(28,29)23-2)24-13-12-16-6-5-7-18(14-16)20(27)26(3)4;/h5-11,14,23H,12-13,15H2,1-4H3,(H2,22,24,25);1H. The molecule has 8 nitrogen and oxygen atoms in total. The lowest BCUT2D eigenvalue weighted by Crippen LogP contribution is -2.37. The molecule has 0 aliphatic heterocycles. The molecule has 0 unspecified atom stereocenters. The Labute approximate surface area is 201 Å². The van der Waals surface area contributed by atoms with E-state index in [2.05, 4.69) is 20.3 Å². The molecule has 0 radical (unpaired) electrons. The zero-order valence-corrected chi connectivity index (χ0v) is 21.3. The predicted octanol–water partition coefficient (Wildman–Crippen LogP) is 1.82. The first-order valence-corrected chi connectivity index (χ1v) is 11.0. The molecule has 0 fully saturated rings. The molecule has 2 aromatic rings. The number of carbonyl (C=O) groups excluding carboxylic acids is 1. The van der Waals surface area contributed by atoms with Crippen LogP contribution in [0.2, 0.25) is 0 Å². The van der Waals surface area contributed by atoms with E-state index in [4.69, 9.17) is 0 Å². The number of hydrogen-bond donors (Lipinski definition) is 3. The lowest BCUT2D eigenvalue weighted by Gasteiger charge is -2.13. The minimum absolute atomic E-state index is 0. The first-order valence-electron chi connectivity index (χ1n) is 9.54. The molecule has 2 aromatic carbocycles. The molecule has 0 aliphatic rings. The zero-order chi connectivity index (χ0) is 22.1. The van der Waals surface area contributed by atoms with Crippen molar-refractivity contribution in [3.8, 4) is 0 Å². The molecule has 0 aliphatic carbocycles. The number of guanidine groups is 1. The van der Waals surface area contributed by atoms with Crippen LogP contribution in [0.25, 0.3) is 0 Å². The van der Waals surface area contributed by atoms with Gasteiger partial charge in [0.05, 0.1) is 4.90 Å². The smallest absolute Gasteiger partial charge is 0.253 e. The first kappa shape index (κ1) is 26.9. The number of aliphatic imine (C=N–C) groups is 1. The molecule has 1 amide bonds. The molecular formula is C21H30IN5O3S. The molecule has 0 aromatic heterocycles. The minimum atomic E-state index is -3.43. The van der Waals surface area contributed by atoms with Gasteiger partial charge in [0.1, 0.15) is 0 Å². The Balaban J connectivity index is 0.00000480. The summed E-state index contributed by atoms with van der Waals surface area (Å²) >= 11 is 0. The summed E-state index contributed by atoms with van der Waals surface area (Å²) < 4.78 is 25.8. The second-order valence-corrected chi connectivity index (χ2v) is 8.74. The summed E-state index contributed by atoms with van der Waals surface area (Å²) in [5, 5.41) is 6.44. The second kappa shape index (κ2) is 12.6. The number of rotatable bonds is 8. The molecule has 10 heteroatoms. The van der Waals surface area contributed by atoms with Gasteiger partial charge in [0.25, 0.3) is 5.91 Å². The Morgan fingerprint density at radius 3 is 2.29 bits per heavy atom. The van der Waals surface area contributed by atoms with Crippen LogP contribution in [-0.4, -0.2) is 59.9 Å². The van der Waals surface area contributed by atoms with Crippen molar-refractivity contribution in [3.63, 3.8) is 0 Å². The Bertz CT molecular complexity index is 992. The van der Waals surface area contributed by atoms with Gasteiger partial charge >= 0.3 is 0 Å². The highest BCUT2D eigenvalue weighted by atomic mass is 127. The lowest BCUT2D eigenvalue weighted by molar-refractivity contribution is 0.0827. The summed E-state index contributed by atoms with van der Waals surface area (Å²) in [5.41, 5.74) is 2.67. The number of nitrogens with zero attached hydrogens (tertiary/aromatic N) is 2. The van der Waals surface area contributed by atoms with E-state index in [1.54, 1.807) is 50.3 Å². The largest absolute Gasteiger partial charge is 0.356 e. The Morgan fingerprint density at radius 2 is 1.71 bits per heavy atom. The first-order chi connectivity index (χ1) is 14.3. The molecule has 0 bridgehead atoms. The summed E-state index contributed by atoms with van der Waals surface area (Å²) in [7, 11) is 3.11. The third-order valence-electron chi connectivity index (χ3n) is 4.47. The third kappa shape index (κ3) is 8.11. The van der Waals surface area contributed by atoms with Crippen molar-refractivity contribution in [1.82, 2.24) is 20.3 Å². The molecule has 0 saturated carbocycles. The molecule has 170 valence electrons. The maximum absolute atomic E-state index is 12.1. The Hall–Kier alpha value is -2.18. The number of benzene rings is 2. The Morgan fingerprint density at radius 1 is 1.03 bits per heavy atom. The number of halogens is 1. The summed E-state index contributed by atoms with van der Waals surface area (Å²) in [6.07, 6.45) is 0.742. The highest BCUT2D eigenvalue weighted by molar-refractivity contribution is 14.0. The maximum Gasteiger partial charge on any atom is 0.253 e. The molecule has 0 spiro atoms. The molecular weight excluding hydrogens is 529 g/mol. The fourth-order valence-electron chi connectivity index (χ4n) is 2.75. The fraction of sp³-hybridized carbons (Fsp3) is 0.333. The van der Waals surface area contributed by atoms with E-state index in [-0.39, 0.29) is 34.8 Å². The van der Waals surface area contributed by atoms with Crippen LogP contribution in [0.5, 0.6) is 0 Å². The monoisotopic (exact) mass is 559 g/mol. The molecule has 3 N–H and O–H groups in total. The average molecular weight is 559 g/mol. The van der Waals surface area contributed by atoms with E-state index in [9.17, 15) is 13.2 Å². The van der Waals surface area contributed by atoms with Gasteiger partial charge in [-0.2, -0.15) is 0 Å². The highest BCUT2D eigenvalue weighted by Gasteiger charge is 2.11. The van der Waals surface area contributed by atoms with E-state index in [0.717, 1.165) is 17.5 Å². The second-order valence-electron chi connectivity index (χ2n) is 6.85. The molecule has 31 heavy (non-hydrogen) atoms. The van der Waals surface area contributed by atoms with Crippen molar-refractivity contribution >= 4 is 45.9 Å². The van der Waals surface area contributed by atoms with Crippen molar-refractivity contribution in [2.24, 2.45) is 4.99 Å². The number of sulfonamides is 1.